The maximum Gasteiger partial charge on any atom is 0.411 e. The molecule has 3 rings (SSSR count). The van der Waals surface area contributed by atoms with Gasteiger partial charge in [-0.1, -0.05) is 32.0 Å². The summed E-state index contributed by atoms with van der Waals surface area (Å²) in [4.78, 5) is 24.3. The van der Waals surface area contributed by atoms with E-state index < -0.39 is 27.8 Å². The van der Waals surface area contributed by atoms with Crippen molar-refractivity contribution < 1.29 is 27.1 Å². The highest BCUT2D eigenvalue weighted by atomic mass is 32.2. The molecule has 0 spiro atoms. The van der Waals surface area contributed by atoms with Gasteiger partial charge >= 0.3 is 6.09 Å². The largest absolute Gasteiger partial charge is 0.449 e. The molecule has 0 aliphatic heterocycles. The summed E-state index contributed by atoms with van der Waals surface area (Å²) in [5.41, 5.74) is 0.891. The maximum absolute atomic E-state index is 13.8. The van der Waals surface area contributed by atoms with Crippen molar-refractivity contribution in [2.45, 2.75) is 18.7 Å². The molecule has 3 N–H and O–H groups in total. The third-order valence-electron chi connectivity index (χ3n) is 4.46. The van der Waals surface area contributed by atoms with E-state index in [9.17, 15) is 22.4 Å². The SMILES string of the molecule is CC(C)COC(=O)Nc1cccc(NC(=O)c2ccc(S(=O)(=O)Nc3ccccc3F)cc2)c1. The first-order chi connectivity index (χ1) is 16.1. The first-order valence-corrected chi connectivity index (χ1v) is 11.8. The zero-order valence-electron chi connectivity index (χ0n) is 18.5. The molecular weight excluding hydrogens is 461 g/mol. The number of halogens is 1. The molecule has 0 bridgehead atoms. The predicted octanol–water partition coefficient (Wildman–Crippen LogP) is 5.08. The van der Waals surface area contributed by atoms with Gasteiger partial charge in [0.15, 0.2) is 0 Å². The van der Waals surface area contributed by atoms with Crippen molar-refractivity contribution in [1.29, 1.82) is 0 Å². The molecule has 0 heterocycles. The number of ether oxygens (including phenoxy) is 1. The second-order valence-corrected chi connectivity index (χ2v) is 9.44. The van der Waals surface area contributed by atoms with Gasteiger partial charge in [0.25, 0.3) is 15.9 Å². The van der Waals surface area contributed by atoms with Crippen LogP contribution < -0.4 is 15.4 Å². The van der Waals surface area contributed by atoms with E-state index in [2.05, 4.69) is 15.4 Å². The first-order valence-electron chi connectivity index (χ1n) is 10.4. The Hall–Kier alpha value is -3.92. The smallest absolute Gasteiger partial charge is 0.411 e. The van der Waals surface area contributed by atoms with Crippen molar-refractivity contribution in [3.8, 4) is 0 Å². The number of anilines is 3. The van der Waals surface area contributed by atoms with Crippen LogP contribution in [0.25, 0.3) is 0 Å². The van der Waals surface area contributed by atoms with Crippen molar-refractivity contribution in [1.82, 2.24) is 0 Å². The first kappa shape index (κ1) is 24.7. The highest BCUT2D eigenvalue weighted by Crippen LogP contribution is 2.20. The van der Waals surface area contributed by atoms with Gasteiger partial charge in [-0.05, 0) is 60.5 Å². The van der Waals surface area contributed by atoms with Crippen LogP contribution in [0, 0.1) is 11.7 Å². The van der Waals surface area contributed by atoms with Crippen molar-refractivity contribution in [3.05, 3.63) is 84.2 Å². The zero-order chi connectivity index (χ0) is 24.7. The Kier molecular flexibility index (Phi) is 7.85. The van der Waals surface area contributed by atoms with Crippen molar-refractivity contribution in [2.75, 3.05) is 22.0 Å². The van der Waals surface area contributed by atoms with E-state index in [0.717, 1.165) is 6.07 Å². The number of hydrogen-bond acceptors (Lipinski definition) is 5. The number of carbonyl (C=O) groups is 2. The lowest BCUT2D eigenvalue weighted by atomic mass is 10.2. The number of nitrogens with one attached hydrogen (secondary N) is 3. The van der Waals surface area contributed by atoms with Crippen LogP contribution in [0.15, 0.2) is 77.7 Å². The monoisotopic (exact) mass is 485 g/mol. The molecule has 34 heavy (non-hydrogen) atoms. The molecule has 0 fully saturated rings. The fraction of sp³-hybridized carbons (Fsp3) is 0.167. The Balaban J connectivity index is 1.65. The molecule has 0 aromatic heterocycles. The highest BCUT2D eigenvalue weighted by Gasteiger charge is 2.17. The molecule has 10 heteroatoms. The minimum Gasteiger partial charge on any atom is -0.449 e. The summed E-state index contributed by atoms with van der Waals surface area (Å²) in [7, 11) is -4.04. The van der Waals surface area contributed by atoms with Gasteiger partial charge in [-0.2, -0.15) is 0 Å². The summed E-state index contributed by atoms with van der Waals surface area (Å²) in [5.74, 6) is -0.981. The van der Waals surface area contributed by atoms with Gasteiger partial charge in [-0.3, -0.25) is 14.8 Å². The van der Waals surface area contributed by atoms with E-state index in [1.165, 1.54) is 42.5 Å². The van der Waals surface area contributed by atoms with Gasteiger partial charge in [-0.15, -0.1) is 0 Å². The van der Waals surface area contributed by atoms with Gasteiger partial charge in [0, 0.05) is 16.9 Å². The summed E-state index contributed by atoms with van der Waals surface area (Å²) in [6, 6.07) is 17.1. The van der Waals surface area contributed by atoms with Crippen molar-refractivity contribution in [3.63, 3.8) is 0 Å². The lowest BCUT2D eigenvalue weighted by Crippen LogP contribution is -2.17. The number of amides is 2. The van der Waals surface area contributed by atoms with E-state index in [4.69, 9.17) is 4.74 Å². The van der Waals surface area contributed by atoms with Gasteiger partial charge in [0.2, 0.25) is 0 Å². The van der Waals surface area contributed by atoms with Crippen LogP contribution >= 0.6 is 0 Å². The molecule has 178 valence electrons. The third kappa shape index (κ3) is 6.79. The topological polar surface area (TPSA) is 114 Å². The van der Waals surface area contributed by atoms with Crippen LogP contribution in [0.1, 0.15) is 24.2 Å². The molecule has 0 aliphatic rings. The van der Waals surface area contributed by atoms with Gasteiger partial charge in [-0.25, -0.2) is 17.6 Å². The Labute approximate surface area is 197 Å². The lowest BCUT2D eigenvalue weighted by molar-refractivity contribution is 0.102. The molecule has 3 aromatic carbocycles. The fourth-order valence-electron chi connectivity index (χ4n) is 2.81. The third-order valence-corrected chi connectivity index (χ3v) is 5.84. The minimum atomic E-state index is -4.04. The molecule has 0 saturated carbocycles. The Morgan fingerprint density at radius 1 is 0.912 bits per heavy atom. The highest BCUT2D eigenvalue weighted by molar-refractivity contribution is 7.92. The van der Waals surface area contributed by atoms with Crippen LogP contribution in [-0.4, -0.2) is 27.0 Å². The van der Waals surface area contributed by atoms with Gasteiger partial charge in [0.1, 0.15) is 5.82 Å². The summed E-state index contributed by atoms with van der Waals surface area (Å²) in [6.45, 7) is 4.12. The van der Waals surface area contributed by atoms with E-state index in [1.54, 1.807) is 24.3 Å². The number of para-hydroxylation sites is 1. The van der Waals surface area contributed by atoms with Crippen molar-refractivity contribution >= 4 is 39.1 Å². The van der Waals surface area contributed by atoms with Gasteiger partial charge in [0.05, 0.1) is 17.2 Å². The summed E-state index contributed by atoms with van der Waals surface area (Å²) >= 11 is 0. The average Bonchev–Trinajstić information content (AvgIpc) is 2.79. The van der Waals surface area contributed by atoms with Crippen LogP contribution in [-0.2, 0) is 14.8 Å². The standard InChI is InChI=1S/C24H24FN3O5S/c1-16(2)15-33-24(30)27-19-7-5-6-18(14-19)26-23(29)17-10-12-20(13-11-17)34(31,32)28-22-9-4-3-8-21(22)25/h3-14,16,28H,15H2,1-2H3,(H,26,29)(H,27,30). The van der Waals surface area contributed by atoms with Crippen LogP contribution in [0.2, 0.25) is 0 Å². The van der Waals surface area contributed by atoms with E-state index in [0.29, 0.717) is 11.4 Å². The quantitative estimate of drug-likeness (QED) is 0.412. The molecule has 0 radical (unpaired) electrons. The molecule has 0 saturated heterocycles. The molecule has 0 unspecified atom stereocenters. The molecule has 0 atom stereocenters. The normalized spacial score (nSPS) is 11.1. The maximum atomic E-state index is 13.8. The van der Waals surface area contributed by atoms with E-state index >= 15 is 0 Å². The summed E-state index contributed by atoms with van der Waals surface area (Å²) in [6.07, 6.45) is -0.599. The lowest BCUT2D eigenvalue weighted by Gasteiger charge is -2.11. The second kappa shape index (κ2) is 10.8. The Bertz CT molecular complexity index is 1280. The fourth-order valence-corrected chi connectivity index (χ4v) is 3.87. The minimum absolute atomic E-state index is 0.126. The Morgan fingerprint density at radius 2 is 1.56 bits per heavy atom. The van der Waals surface area contributed by atoms with Crippen LogP contribution in [0.4, 0.5) is 26.2 Å². The summed E-state index contributed by atoms with van der Waals surface area (Å²) in [5, 5.41) is 5.27. The molecule has 2 amide bonds. The van der Waals surface area contributed by atoms with E-state index in [1.807, 2.05) is 13.8 Å². The molecular formula is C24H24FN3O5S. The number of hydrogen-bond donors (Lipinski definition) is 3. The number of rotatable bonds is 8. The average molecular weight is 486 g/mol. The van der Waals surface area contributed by atoms with Crippen LogP contribution in [0.3, 0.4) is 0 Å². The summed E-state index contributed by atoms with van der Waals surface area (Å²) < 4.78 is 46.0. The van der Waals surface area contributed by atoms with Gasteiger partial charge < -0.3 is 10.1 Å². The van der Waals surface area contributed by atoms with Crippen molar-refractivity contribution in [2.24, 2.45) is 5.92 Å². The van der Waals surface area contributed by atoms with Crippen LogP contribution in [0.5, 0.6) is 0 Å². The zero-order valence-corrected chi connectivity index (χ0v) is 19.4. The Morgan fingerprint density at radius 3 is 2.21 bits per heavy atom. The number of carbonyl (C=O) groups excluding carboxylic acids is 2. The molecule has 8 nitrogen and oxygen atoms in total. The molecule has 3 aromatic rings. The second-order valence-electron chi connectivity index (χ2n) is 7.76. The number of benzene rings is 3. The molecule has 0 aliphatic carbocycles. The number of sulfonamides is 1. The predicted molar refractivity (Wildman–Crippen MR) is 128 cm³/mol. The van der Waals surface area contributed by atoms with E-state index in [-0.39, 0.29) is 28.7 Å².